The Labute approximate surface area is 95.5 Å². The fourth-order valence-electron chi connectivity index (χ4n) is 1.34. The first-order valence-electron chi connectivity index (χ1n) is 4.88. The molecular formula is C11H15ClN2O. The lowest BCUT2D eigenvalue weighted by Crippen LogP contribution is -2.15. The Kier molecular flexibility index (Phi) is 4.12. The quantitative estimate of drug-likeness (QED) is 0.817. The molecule has 1 fully saturated rings. The van der Waals surface area contributed by atoms with E-state index < -0.39 is 0 Å². The molecule has 0 heterocycles. The van der Waals surface area contributed by atoms with Crippen LogP contribution < -0.4 is 11.1 Å². The van der Waals surface area contributed by atoms with Gasteiger partial charge >= 0.3 is 0 Å². The van der Waals surface area contributed by atoms with Crippen LogP contribution in [-0.2, 0) is 6.54 Å². The van der Waals surface area contributed by atoms with E-state index in [4.69, 9.17) is 5.73 Å². The third kappa shape index (κ3) is 3.53. The second-order valence-corrected chi connectivity index (χ2v) is 3.72. The van der Waals surface area contributed by atoms with Crippen LogP contribution in [0.4, 0.5) is 0 Å². The van der Waals surface area contributed by atoms with Crippen molar-refractivity contribution in [2.45, 2.75) is 25.4 Å². The number of rotatable bonds is 4. The lowest BCUT2D eigenvalue weighted by atomic mass is 10.1. The Morgan fingerprint density at radius 3 is 2.40 bits per heavy atom. The van der Waals surface area contributed by atoms with E-state index in [2.05, 4.69) is 5.32 Å². The third-order valence-corrected chi connectivity index (χ3v) is 2.41. The predicted molar refractivity (Wildman–Crippen MR) is 62.1 cm³/mol. The maximum atomic E-state index is 10.8. The molecule has 0 saturated heterocycles. The summed E-state index contributed by atoms with van der Waals surface area (Å²) in [5.41, 5.74) is 6.91. The van der Waals surface area contributed by atoms with Crippen molar-refractivity contribution >= 4 is 18.3 Å². The number of halogens is 1. The molecule has 0 unspecified atom stereocenters. The summed E-state index contributed by atoms with van der Waals surface area (Å²) in [5.74, 6) is -0.369. The molecule has 0 bridgehead atoms. The summed E-state index contributed by atoms with van der Waals surface area (Å²) in [7, 11) is 0. The molecule has 0 atom stereocenters. The van der Waals surface area contributed by atoms with E-state index in [0.717, 1.165) is 6.54 Å². The van der Waals surface area contributed by atoms with Crippen LogP contribution in [-0.4, -0.2) is 11.9 Å². The fourth-order valence-corrected chi connectivity index (χ4v) is 1.34. The molecule has 1 aromatic rings. The number of carbonyl (C=O) groups excluding carboxylic acids is 1. The summed E-state index contributed by atoms with van der Waals surface area (Å²) in [4.78, 5) is 10.8. The van der Waals surface area contributed by atoms with Crippen LogP contribution in [0.1, 0.15) is 28.8 Å². The van der Waals surface area contributed by atoms with Gasteiger partial charge in [-0.05, 0) is 30.5 Å². The molecule has 3 nitrogen and oxygen atoms in total. The standard InChI is InChI=1S/C11H14N2O.ClH/c12-11(14)9-3-1-8(2-4-9)7-13-10-5-6-10;/h1-4,10,13H,5-7H2,(H2,12,14);1H. The molecule has 82 valence electrons. The highest BCUT2D eigenvalue weighted by atomic mass is 35.5. The van der Waals surface area contributed by atoms with Gasteiger partial charge < -0.3 is 11.1 Å². The minimum absolute atomic E-state index is 0. The minimum atomic E-state index is -0.369. The number of hydrogen-bond donors (Lipinski definition) is 2. The number of carbonyl (C=O) groups is 1. The van der Waals surface area contributed by atoms with Gasteiger partial charge in [0.05, 0.1) is 0 Å². The van der Waals surface area contributed by atoms with Crippen molar-refractivity contribution in [1.29, 1.82) is 0 Å². The SMILES string of the molecule is Cl.NC(=O)c1ccc(CNC2CC2)cc1. The second-order valence-electron chi connectivity index (χ2n) is 3.72. The van der Waals surface area contributed by atoms with Crippen molar-refractivity contribution in [1.82, 2.24) is 5.32 Å². The third-order valence-electron chi connectivity index (χ3n) is 2.41. The van der Waals surface area contributed by atoms with E-state index in [9.17, 15) is 4.79 Å². The van der Waals surface area contributed by atoms with E-state index in [0.29, 0.717) is 11.6 Å². The molecule has 0 spiro atoms. The maximum Gasteiger partial charge on any atom is 0.248 e. The maximum absolute atomic E-state index is 10.8. The first kappa shape index (κ1) is 12.0. The molecule has 1 aliphatic rings. The molecule has 1 aliphatic carbocycles. The highest BCUT2D eigenvalue weighted by Crippen LogP contribution is 2.19. The molecule has 0 radical (unpaired) electrons. The van der Waals surface area contributed by atoms with Gasteiger partial charge in [0.25, 0.3) is 0 Å². The lowest BCUT2D eigenvalue weighted by molar-refractivity contribution is 0.100. The Bertz CT molecular complexity index is 333. The normalized spacial score (nSPS) is 14.4. The van der Waals surface area contributed by atoms with Gasteiger partial charge in [-0.25, -0.2) is 0 Å². The highest BCUT2D eigenvalue weighted by Gasteiger charge is 2.19. The van der Waals surface area contributed by atoms with Crippen LogP contribution in [0.15, 0.2) is 24.3 Å². The van der Waals surface area contributed by atoms with Crippen molar-refractivity contribution < 1.29 is 4.79 Å². The summed E-state index contributed by atoms with van der Waals surface area (Å²) in [6.45, 7) is 0.879. The summed E-state index contributed by atoms with van der Waals surface area (Å²) < 4.78 is 0. The zero-order chi connectivity index (χ0) is 9.97. The molecule has 1 amide bonds. The van der Waals surface area contributed by atoms with Gasteiger partial charge in [-0.2, -0.15) is 0 Å². The average molecular weight is 227 g/mol. The van der Waals surface area contributed by atoms with Gasteiger partial charge in [0, 0.05) is 18.2 Å². The lowest BCUT2D eigenvalue weighted by Gasteiger charge is -2.03. The number of hydrogen-bond acceptors (Lipinski definition) is 2. The van der Waals surface area contributed by atoms with E-state index in [1.807, 2.05) is 12.1 Å². The molecule has 1 aromatic carbocycles. The van der Waals surface area contributed by atoms with Crippen molar-refractivity contribution in [2.24, 2.45) is 5.73 Å². The van der Waals surface area contributed by atoms with Gasteiger partial charge in [-0.1, -0.05) is 12.1 Å². The molecule has 2 rings (SSSR count). The Morgan fingerprint density at radius 2 is 1.93 bits per heavy atom. The number of primary amides is 1. The van der Waals surface area contributed by atoms with Crippen LogP contribution in [0.25, 0.3) is 0 Å². The second kappa shape index (κ2) is 5.14. The van der Waals surface area contributed by atoms with Crippen LogP contribution >= 0.6 is 12.4 Å². The Balaban J connectivity index is 0.00000112. The van der Waals surface area contributed by atoms with Crippen LogP contribution in [0.3, 0.4) is 0 Å². The zero-order valence-corrected chi connectivity index (χ0v) is 9.22. The average Bonchev–Trinajstić information content (AvgIpc) is 2.99. The van der Waals surface area contributed by atoms with Crippen molar-refractivity contribution in [3.63, 3.8) is 0 Å². The van der Waals surface area contributed by atoms with Gasteiger partial charge in [0.1, 0.15) is 0 Å². The molecule has 3 N–H and O–H groups in total. The number of amides is 1. The topological polar surface area (TPSA) is 55.1 Å². The Hall–Kier alpha value is -1.06. The van der Waals surface area contributed by atoms with Gasteiger partial charge in [-0.15, -0.1) is 12.4 Å². The largest absolute Gasteiger partial charge is 0.366 e. The molecule has 0 aromatic heterocycles. The summed E-state index contributed by atoms with van der Waals surface area (Å²) in [5, 5.41) is 3.41. The van der Waals surface area contributed by atoms with Crippen LogP contribution in [0.5, 0.6) is 0 Å². The molecule has 1 saturated carbocycles. The number of nitrogens with one attached hydrogen (secondary N) is 1. The van der Waals surface area contributed by atoms with Crippen molar-refractivity contribution in [3.8, 4) is 0 Å². The highest BCUT2D eigenvalue weighted by molar-refractivity contribution is 5.92. The smallest absolute Gasteiger partial charge is 0.248 e. The van der Waals surface area contributed by atoms with Crippen molar-refractivity contribution in [3.05, 3.63) is 35.4 Å². The molecule has 0 aliphatic heterocycles. The number of benzene rings is 1. The van der Waals surface area contributed by atoms with Crippen LogP contribution in [0.2, 0.25) is 0 Å². The minimum Gasteiger partial charge on any atom is -0.366 e. The van der Waals surface area contributed by atoms with E-state index in [1.165, 1.54) is 18.4 Å². The van der Waals surface area contributed by atoms with E-state index in [1.54, 1.807) is 12.1 Å². The van der Waals surface area contributed by atoms with E-state index >= 15 is 0 Å². The predicted octanol–water partition coefficient (Wildman–Crippen LogP) is 1.46. The molecular weight excluding hydrogens is 212 g/mol. The van der Waals surface area contributed by atoms with Gasteiger partial charge in [0.15, 0.2) is 0 Å². The number of nitrogens with two attached hydrogens (primary N) is 1. The Morgan fingerprint density at radius 1 is 1.33 bits per heavy atom. The monoisotopic (exact) mass is 226 g/mol. The summed E-state index contributed by atoms with van der Waals surface area (Å²) in [6.07, 6.45) is 2.58. The molecule has 15 heavy (non-hydrogen) atoms. The first-order chi connectivity index (χ1) is 6.75. The molecule has 4 heteroatoms. The van der Waals surface area contributed by atoms with E-state index in [-0.39, 0.29) is 18.3 Å². The first-order valence-corrected chi connectivity index (χ1v) is 4.88. The van der Waals surface area contributed by atoms with Gasteiger partial charge in [0.2, 0.25) is 5.91 Å². The van der Waals surface area contributed by atoms with Crippen LogP contribution in [0, 0.1) is 0 Å². The summed E-state index contributed by atoms with van der Waals surface area (Å²) >= 11 is 0. The fraction of sp³-hybridized carbons (Fsp3) is 0.364. The zero-order valence-electron chi connectivity index (χ0n) is 8.40. The van der Waals surface area contributed by atoms with Gasteiger partial charge in [-0.3, -0.25) is 4.79 Å². The van der Waals surface area contributed by atoms with Crippen molar-refractivity contribution in [2.75, 3.05) is 0 Å². The summed E-state index contributed by atoms with van der Waals surface area (Å²) in [6, 6.07) is 8.13.